The summed E-state index contributed by atoms with van der Waals surface area (Å²) in [6.07, 6.45) is 0.0813. The van der Waals surface area contributed by atoms with E-state index in [2.05, 4.69) is 11.6 Å². The summed E-state index contributed by atoms with van der Waals surface area (Å²) in [6, 6.07) is 10.1. The zero-order valence-corrected chi connectivity index (χ0v) is 14.5. The minimum atomic E-state index is -1.14. The topological polar surface area (TPSA) is 89.6 Å². The molecule has 0 atom stereocenters. The molecule has 0 unspecified atom stereocenters. The first-order valence-corrected chi connectivity index (χ1v) is 7.96. The summed E-state index contributed by atoms with van der Waals surface area (Å²) in [4.78, 5) is 27.0. The fourth-order valence-corrected chi connectivity index (χ4v) is 2.80. The van der Waals surface area contributed by atoms with Crippen LogP contribution in [0.3, 0.4) is 0 Å². The van der Waals surface area contributed by atoms with Crippen molar-refractivity contribution in [1.29, 1.82) is 0 Å². The number of carbonyl (C=O) groups is 2. The van der Waals surface area contributed by atoms with E-state index in [-0.39, 0.29) is 23.0 Å². The number of carboxylic acids is 1. The van der Waals surface area contributed by atoms with Crippen LogP contribution < -0.4 is 0 Å². The highest BCUT2D eigenvalue weighted by Crippen LogP contribution is 2.31. The Morgan fingerprint density at radius 2 is 2.08 bits per heavy atom. The minimum Gasteiger partial charge on any atom is -0.478 e. The van der Waals surface area contributed by atoms with Gasteiger partial charge in [0.2, 0.25) is 5.89 Å². The van der Waals surface area contributed by atoms with Gasteiger partial charge in [0.15, 0.2) is 5.58 Å². The van der Waals surface area contributed by atoms with Crippen LogP contribution in [0.1, 0.15) is 11.1 Å². The van der Waals surface area contributed by atoms with Gasteiger partial charge >= 0.3 is 11.9 Å². The van der Waals surface area contributed by atoms with Crippen molar-refractivity contribution in [3.8, 4) is 11.5 Å². The quantitative estimate of drug-likeness (QED) is 0.539. The van der Waals surface area contributed by atoms with Crippen molar-refractivity contribution in [2.45, 2.75) is 6.42 Å². The summed E-state index contributed by atoms with van der Waals surface area (Å²) < 4.78 is 10.4. The fraction of sp³-hybridized carbons (Fsp3) is 0.105. The fourth-order valence-electron chi connectivity index (χ4n) is 2.51. The molecule has 0 aliphatic carbocycles. The van der Waals surface area contributed by atoms with E-state index in [1.54, 1.807) is 36.4 Å². The smallest absolute Gasteiger partial charge is 0.335 e. The summed E-state index contributed by atoms with van der Waals surface area (Å²) in [5, 5.41) is 9.27. The predicted molar refractivity (Wildman–Crippen MR) is 96.8 cm³/mol. The number of esters is 1. The molecule has 6 nitrogen and oxygen atoms in total. The number of methoxy groups -OCH3 is 1. The number of aromatic nitrogens is 1. The summed E-state index contributed by atoms with van der Waals surface area (Å²) >= 11 is 6.18. The number of halogens is 1. The lowest BCUT2D eigenvalue weighted by Gasteiger charge is -2.05. The molecular weight excluding hydrogens is 358 g/mol. The van der Waals surface area contributed by atoms with Gasteiger partial charge in [-0.25, -0.2) is 9.78 Å². The second kappa shape index (κ2) is 7.01. The largest absolute Gasteiger partial charge is 0.478 e. The van der Waals surface area contributed by atoms with Crippen LogP contribution in [0.4, 0.5) is 0 Å². The van der Waals surface area contributed by atoms with Gasteiger partial charge < -0.3 is 14.3 Å². The second-order valence-corrected chi connectivity index (χ2v) is 5.92. The third-order valence-corrected chi connectivity index (χ3v) is 4.18. The molecule has 0 aliphatic rings. The van der Waals surface area contributed by atoms with E-state index < -0.39 is 5.97 Å². The van der Waals surface area contributed by atoms with Gasteiger partial charge in [-0.15, -0.1) is 0 Å². The highest BCUT2D eigenvalue weighted by Gasteiger charge is 2.16. The molecule has 0 radical (unpaired) electrons. The van der Waals surface area contributed by atoms with Crippen LogP contribution in [0.25, 0.3) is 28.1 Å². The number of carboxylic acid groups (broad SMARTS) is 1. The Balaban J connectivity index is 2.02. The lowest BCUT2D eigenvalue weighted by molar-refractivity contribution is -0.139. The average Bonchev–Trinajstić information content (AvgIpc) is 3.06. The number of para-hydroxylation sites is 1. The molecular formula is C19H14ClNO5. The zero-order chi connectivity index (χ0) is 18.8. The van der Waals surface area contributed by atoms with Crippen LogP contribution in [0.2, 0.25) is 5.02 Å². The zero-order valence-electron chi connectivity index (χ0n) is 13.8. The SMILES string of the molecule is C=C(C(=O)O)c1ccc(-c2nc3c(CC(=O)OC)cccc3o2)cc1Cl. The third-order valence-electron chi connectivity index (χ3n) is 3.86. The van der Waals surface area contributed by atoms with E-state index in [1.165, 1.54) is 7.11 Å². The van der Waals surface area contributed by atoms with E-state index in [0.717, 1.165) is 0 Å². The molecule has 26 heavy (non-hydrogen) atoms. The van der Waals surface area contributed by atoms with Crippen LogP contribution in [0.5, 0.6) is 0 Å². The Morgan fingerprint density at radius 3 is 2.73 bits per heavy atom. The van der Waals surface area contributed by atoms with E-state index in [0.29, 0.717) is 33.7 Å². The van der Waals surface area contributed by atoms with Gasteiger partial charge in [-0.05, 0) is 23.8 Å². The van der Waals surface area contributed by atoms with Gasteiger partial charge in [-0.3, -0.25) is 4.79 Å². The van der Waals surface area contributed by atoms with Gasteiger partial charge in [-0.1, -0.05) is 36.4 Å². The van der Waals surface area contributed by atoms with E-state index in [4.69, 9.17) is 25.9 Å². The van der Waals surface area contributed by atoms with Gasteiger partial charge in [0, 0.05) is 16.1 Å². The maximum atomic E-state index is 11.5. The standard InChI is InChI=1S/C19H14ClNO5/c1-10(19(23)24)13-7-6-12(8-14(13)20)18-21-17-11(9-16(22)25-2)4-3-5-15(17)26-18/h3-8H,1,9H2,2H3,(H,23,24). The third kappa shape index (κ3) is 3.32. The summed E-state index contributed by atoms with van der Waals surface area (Å²) in [7, 11) is 1.32. The van der Waals surface area contributed by atoms with Crippen molar-refractivity contribution in [1.82, 2.24) is 4.98 Å². The van der Waals surface area contributed by atoms with Gasteiger partial charge in [0.05, 0.1) is 19.1 Å². The number of fused-ring (bicyclic) bond motifs is 1. The first-order chi connectivity index (χ1) is 12.4. The number of hydrogen-bond donors (Lipinski definition) is 1. The molecule has 1 heterocycles. The van der Waals surface area contributed by atoms with Crippen molar-refractivity contribution in [2.24, 2.45) is 0 Å². The summed E-state index contributed by atoms with van der Waals surface area (Å²) in [5.41, 5.74) is 2.58. The molecule has 132 valence electrons. The molecule has 7 heteroatoms. The lowest BCUT2D eigenvalue weighted by Crippen LogP contribution is -2.04. The first-order valence-electron chi connectivity index (χ1n) is 7.58. The van der Waals surface area contributed by atoms with Crippen molar-refractivity contribution in [2.75, 3.05) is 7.11 Å². The first kappa shape index (κ1) is 17.7. The molecule has 0 spiro atoms. The molecule has 2 aromatic carbocycles. The number of nitrogens with zero attached hydrogens (tertiary/aromatic N) is 1. The molecule has 0 bridgehead atoms. The van der Waals surface area contributed by atoms with Gasteiger partial charge in [0.25, 0.3) is 0 Å². The normalized spacial score (nSPS) is 10.7. The molecule has 1 N–H and O–H groups in total. The van der Waals surface area contributed by atoms with Crippen molar-refractivity contribution < 1.29 is 23.8 Å². The number of benzene rings is 2. The average molecular weight is 372 g/mol. The maximum absolute atomic E-state index is 11.5. The Hall–Kier alpha value is -3.12. The van der Waals surface area contributed by atoms with Crippen LogP contribution in [-0.2, 0) is 20.7 Å². The number of rotatable bonds is 5. The molecule has 0 aliphatic heterocycles. The van der Waals surface area contributed by atoms with E-state index in [9.17, 15) is 9.59 Å². The van der Waals surface area contributed by atoms with E-state index in [1.807, 2.05) is 0 Å². The van der Waals surface area contributed by atoms with Crippen molar-refractivity contribution >= 4 is 40.2 Å². The van der Waals surface area contributed by atoms with Crippen molar-refractivity contribution in [3.63, 3.8) is 0 Å². The Bertz CT molecular complexity index is 1040. The van der Waals surface area contributed by atoms with Gasteiger partial charge in [-0.2, -0.15) is 0 Å². The Kier molecular flexibility index (Phi) is 4.77. The second-order valence-electron chi connectivity index (χ2n) is 5.51. The van der Waals surface area contributed by atoms with Crippen LogP contribution in [-0.4, -0.2) is 29.1 Å². The minimum absolute atomic E-state index is 0.0813. The molecule has 0 amide bonds. The van der Waals surface area contributed by atoms with Crippen molar-refractivity contribution in [3.05, 3.63) is 59.1 Å². The molecule has 0 fully saturated rings. The number of aliphatic carboxylic acids is 1. The monoisotopic (exact) mass is 371 g/mol. The lowest BCUT2D eigenvalue weighted by atomic mass is 10.1. The van der Waals surface area contributed by atoms with Gasteiger partial charge in [0.1, 0.15) is 5.52 Å². The van der Waals surface area contributed by atoms with E-state index >= 15 is 0 Å². The number of hydrogen-bond acceptors (Lipinski definition) is 5. The number of ether oxygens (including phenoxy) is 1. The summed E-state index contributed by atoms with van der Waals surface area (Å²) in [5.74, 6) is -1.21. The Labute approximate surface area is 153 Å². The molecule has 3 aromatic rings. The predicted octanol–water partition coefficient (Wildman–Crippen LogP) is 3.96. The molecule has 0 saturated carbocycles. The molecule has 1 aromatic heterocycles. The van der Waals surface area contributed by atoms with Crippen LogP contribution in [0, 0.1) is 0 Å². The van der Waals surface area contributed by atoms with Crippen LogP contribution >= 0.6 is 11.6 Å². The van der Waals surface area contributed by atoms with Crippen LogP contribution in [0.15, 0.2) is 47.4 Å². The highest BCUT2D eigenvalue weighted by molar-refractivity contribution is 6.34. The summed E-state index contributed by atoms with van der Waals surface area (Å²) in [6.45, 7) is 3.50. The number of oxazole rings is 1. The number of carbonyl (C=O) groups excluding carboxylic acids is 1. The molecule has 0 saturated heterocycles. The molecule has 3 rings (SSSR count). The maximum Gasteiger partial charge on any atom is 0.335 e. The highest BCUT2D eigenvalue weighted by atomic mass is 35.5. The Morgan fingerprint density at radius 1 is 1.31 bits per heavy atom.